The summed E-state index contributed by atoms with van der Waals surface area (Å²) < 4.78 is 10.4. The van der Waals surface area contributed by atoms with Crippen molar-refractivity contribution in [3.63, 3.8) is 0 Å². The standard InChI is InChI=1S/C11H20N2O8/c1-4(15)13-7-9(17)8(16)6(2-14)21-11(7)20-3-5(12)10(18)19/h5-9,11,14,16-17H,2-3,12H2,1H3,(H,13,15)(H,18,19)/t5?,6?,7-,8?,9-,11-/m1/s1. The maximum Gasteiger partial charge on any atom is 0.322 e. The van der Waals surface area contributed by atoms with Crippen molar-refractivity contribution in [1.82, 2.24) is 5.32 Å². The van der Waals surface area contributed by atoms with E-state index in [0.717, 1.165) is 0 Å². The predicted octanol–water partition coefficient (Wildman–Crippen LogP) is -3.64. The average Bonchev–Trinajstić information content (AvgIpc) is 2.42. The summed E-state index contributed by atoms with van der Waals surface area (Å²) in [5.74, 6) is -1.80. The number of nitrogens with two attached hydrogens (primary N) is 1. The van der Waals surface area contributed by atoms with E-state index in [1.807, 2.05) is 0 Å². The molecule has 0 aromatic rings. The Hall–Kier alpha value is -1.30. The van der Waals surface area contributed by atoms with Crippen molar-refractivity contribution < 1.29 is 39.5 Å². The number of carbonyl (C=O) groups is 2. The smallest absolute Gasteiger partial charge is 0.322 e. The molecule has 1 saturated heterocycles. The van der Waals surface area contributed by atoms with Gasteiger partial charge in [0.1, 0.15) is 30.4 Å². The van der Waals surface area contributed by atoms with E-state index in [2.05, 4.69) is 5.32 Å². The molecule has 0 bridgehead atoms. The highest BCUT2D eigenvalue weighted by Gasteiger charge is 2.45. The molecule has 7 N–H and O–H groups in total. The fraction of sp³-hybridized carbons (Fsp3) is 0.818. The van der Waals surface area contributed by atoms with Gasteiger partial charge in [-0.1, -0.05) is 0 Å². The fourth-order valence-electron chi connectivity index (χ4n) is 1.88. The van der Waals surface area contributed by atoms with E-state index < -0.39 is 61.8 Å². The number of hydrogen-bond acceptors (Lipinski definition) is 8. The minimum Gasteiger partial charge on any atom is -0.480 e. The predicted molar refractivity (Wildman–Crippen MR) is 66.9 cm³/mol. The van der Waals surface area contributed by atoms with Gasteiger partial charge in [0, 0.05) is 6.92 Å². The molecular formula is C11H20N2O8. The molecule has 0 aromatic heterocycles. The third-order valence-electron chi connectivity index (χ3n) is 3.01. The molecule has 10 nitrogen and oxygen atoms in total. The third kappa shape index (κ3) is 4.59. The molecule has 0 radical (unpaired) electrons. The van der Waals surface area contributed by atoms with E-state index in [-0.39, 0.29) is 0 Å². The van der Waals surface area contributed by atoms with Crippen LogP contribution < -0.4 is 11.1 Å². The first-order chi connectivity index (χ1) is 9.77. The first kappa shape index (κ1) is 17.8. The van der Waals surface area contributed by atoms with Crippen LogP contribution in [-0.4, -0.2) is 82.2 Å². The first-order valence-corrected chi connectivity index (χ1v) is 6.27. The second-order valence-electron chi connectivity index (χ2n) is 4.71. The van der Waals surface area contributed by atoms with E-state index in [9.17, 15) is 19.8 Å². The number of amides is 1. The second-order valence-corrected chi connectivity index (χ2v) is 4.71. The van der Waals surface area contributed by atoms with Crippen molar-refractivity contribution in [2.24, 2.45) is 5.73 Å². The molecule has 0 saturated carbocycles. The van der Waals surface area contributed by atoms with Crippen LogP contribution in [-0.2, 0) is 19.1 Å². The van der Waals surface area contributed by atoms with Crippen LogP contribution in [0.2, 0.25) is 0 Å². The normalized spacial score (nSPS) is 34.2. The topological polar surface area (TPSA) is 172 Å². The minimum atomic E-state index is -1.45. The second kappa shape index (κ2) is 7.64. The Labute approximate surface area is 120 Å². The van der Waals surface area contributed by atoms with Gasteiger partial charge in [-0.05, 0) is 0 Å². The number of aliphatic hydroxyl groups is 3. The van der Waals surface area contributed by atoms with Crippen LogP contribution in [0, 0.1) is 0 Å². The Bertz CT molecular complexity index is 379. The van der Waals surface area contributed by atoms with Gasteiger partial charge < -0.3 is 41.0 Å². The molecule has 0 aliphatic carbocycles. The lowest BCUT2D eigenvalue weighted by atomic mass is 9.97. The highest BCUT2D eigenvalue weighted by molar-refractivity contribution is 5.73. The van der Waals surface area contributed by atoms with Gasteiger partial charge in [-0.15, -0.1) is 0 Å². The summed E-state index contributed by atoms with van der Waals surface area (Å²) in [5.41, 5.74) is 5.28. The Balaban J connectivity index is 2.78. The number of ether oxygens (including phenoxy) is 2. The van der Waals surface area contributed by atoms with Crippen LogP contribution in [0.5, 0.6) is 0 Å². The van der Waals surface area contributed by atoms with E-state index >= 15 is 0 Å². The van der Waals surface area contributed by atoms with E-state index in [1.54, 1.807) is 0 Å². The van der Waals surface area contributed by atoms with Crippen molar-refractivity contribution in [1.29, 1.82) is 0 Å². The molecule has 6 atom stereocenters. The summed E-state index contributed by atoms with van der Waals surface area (Å²) in [6, 6.07) is -2.44. The van der Waals surface area contributed by atoms with Gasteiger partial charge in [0.05, 0.1) is 13.2 Å². The number of aliphatic hydroxyl groups excluding tert-OH is 3. The van der Waals surface area contributed by atoms with Crippen LogP contribution in [0.15, 0.2) is 0 Å². The molecule has 1 fully saturated rings. The molecule has 10 heteroatoms. The van der Waals surface area contributed by atoms with E-state index in [0.29, 0.717) is 0 Å². The van der Waals surface area contributed by atoms with Crippen molar-refractivity contribution in [3.8, 4) is 0 Å². The van der Waals surface area contributed by atoms with Gasteiger partial charge in [0.25, 0.3) is 0 Å². The van der Waals surface area contributed by atoms with Crippen LogP contribution in [0.4, 0.5) is 0 Å². The highest BCUT2D eigenvalue weighted by atomic mass is 16.7. The fourth-order valence-corrected chi connectivity index (χ4v) is 1.88. The molecule has 122 valence electrons. The molecule has 21 heavy (non-hydrogen) atoms. The van der Waals surface area contributed by atoms with Gasteiger partial charge in [0.15, 0.2) is 6.29 Å². The van der Waals surface area contributed by atoms with Crippen molar-refractivity contribution in [3.05, 3.63) is 0 Å². The number of aliphatic carboxylic acids is 1. The van der Waals surface area contributed by atoms with Gasteiger partial charge in [-0.3, -0.25) is 9.59 Å². The van der Waals surface area contributed by atoms with E-state index in [4.69, 9.17) is 25.4 Å². The van der Waals surface area contributed by atoms with Gasteiger partial charge in [-0.25, -0.2) is 0 Å². The summed E-state index contributed by atoms with van der Waals surface area (Å²) in [5, 5.41) is 39.8. The largest absolute Gasteiger partial charge is 0.480 e. The third-order valence-corrected chi connectivity index (χ3v) is 3.01. The lowest BCUT2D eigenvalue weighted by molar-refractivity contribution is -0.270. The first-order valence-electron chi connectivity index (χ1n) is 6.27. The SMILES string of the molecule is CC(=O)N[C@H]1[C@H](OCC(N)C(=O)O)OC(CO)C(O)[C@@H]1O. The zero-order valence-electron chi connectivity index (χ0n) is 11.4. The molecule has 0 aromatic carbocycles. The zero-order chi connectivity index (χ0) is 16.2. The Morgan fingerprint density at radius 1 is 1.38 bits per heavy atom. The van der Waals surface area contributed by atoms with Crippen LogP contribution in [0.25, 0.3) is 0 Å². The molecule has 0 spiro atoms. The maximum atomic E-state index is 11.1. The average molecular weight is 308 g/mol. The molecule has 1 heterocycles. The number of rotatable bonds is 6. The Morgan fingerprint density at radius 3 is 2.48 bits per heavy atom. The molecule has 1 rings (SSSR count). The number of carbonyl (C=O) groups excluding carboxylic acids is 1. The monoisotopic (exact) mass is 308 g/mol. The number of nitrogens with one attached hydrogen (secondary N) is 1. The molecule has 1 aliphatic heterocycles. The molecular weight excluding hydrogens is 288 g/mol. The van der Waals surface area contributed by atoms with Gasteiger partial charge in [0.2, 0.25) is 5.91 Å². The van der Waals surface area contributed by atoms with Crippen molar-refractivity contribution >= 4 is 11.9 Å². The Morgan fingerprint density at radius 2 is 2.00 bits per heavy atom. The molecule has 1 aliphatic rings. The van der Waals surface area contributed by atoms with Crippen LogP contribution in [0.3, 0.4) is 0 Å². The molecule has 1 amide bonds. The summed E-state index contributed by atoms with van der Waals surface area (Å²) in [6.45, 7) is 0.171. The van der Waals surface area contributed by atoms with E-state index in [1.165, 1.54) is 6.92 Å². The maximum absolute atomic E-state index is 11.1. The Kier molecular flexibility index (Phi) is 6.45. The van der Waals surface area contributed by atoms with Crippen molar-refractivity contribution in [2.45, 2.75) is 43.6 Å². The highest BCUT2D eigenvalue weighted by Crippen LogP contribution is 2.22. The summed E-state index contributed by atoms with van der Waals surface area (Å²) in [7, 11) is 0. The lowest BCUT2D eigenvalue weighted by Gasteiger charge is -2.42. The summed E-state index contributed by atoms with van der Waals surface area (Å²) in [4.78, 5) is 21.7. The minimum absolute atomic E-state index is 0.433. The van der Waals surface area contributed by atoms with Crippen LogP contribution in [0.1, 0.15) is 6.92 Å². The quantitative estimate of drug-likeness (QED) is 0.289. The number of carboxylic acid groups (broad SMARTS) is 1. The van der Waals surface area contributed by atoms with Gasteiger partial charge in [-0.2, -0.15) is 0 Å². The van der Waals surface area contributed by atoms with Crippen LogP contribution >= 0.6 is 0 Å². The lowest BCUT2D eigenvalue weighted by Crippen LogP contribution is -2.64. The zero-order valence-corrected chi connectivity index (χ0v) is 11.4. The molecule has 3 unspecified atom stereocenters. The number of hydrogen-bond donors (Lipinski definition) is 6. The van der Waals surface area contributed by atoms with Gasteiger partial charge >= 0.3 is 5.97 Å². The summed E-state index contributed by atoms with van der Waals surface area (Å²) in [6.07, 6.45) is -5.27. The van der Waals surface area contributed by atoms with Crippen molar-refractivity contribution in [2.75, 3.05) is 13.2 Å². The summed E-state index contributed by atoms with van der Waals surface area (Å²) >= 11 is 0. The number of carboxylic acids is 1.